The second kappa shape index (κ2) is 6.39. The van der Waals surface area contributed by atoms with E-state index < -0.39 is 0 Å². The van der Waals surface area contributed by atoms with Gasteiger partial charge in [0.2, 0.25) is 0 Å². The van der Waals surface area contributed by atoms with Crippen LogP contribution in [0.2, 0.25) is 0 Å². The van der Waals surface area contributed by atoms with Crippen LogP contribution in [0.5, 0.6) is 0 Å². The summed E-state index contributed by atoms with van der Waals surface area (Å²) in [5, 5.41) is 9.77. The predicted octanol–water partition coefficient (Wildman–Crippen LogP) is 3.47. The van der Waals surface area contributed by atoms with Gasteiger partial charge >= 0.3 is 0 Å². The Morgan fingerprint density at radius 2 is 1.93 bits per heavy atom. The molecule has 14 heavy (non-hydrogen) atoms. The molecule has 1 N–H and O–H groups in total. The molecule has 1 aromatic rings. The number of rotatable bonds is 5. The average Bonchev–Trinajstić information content (AvgIpc) is 2.25. The molecule has 1 heteroatoms. The zero-order valence-electron chi connectivity index (χ0n) is 8.69. The third kappa shape index (κ3) is 3.75. The van der Waals surface area contributed by atoms with Crippen LogP contribution in [0.4, 0.5) is 0 Å². The van der Waals surface area contributed by atoms with Gasteiger partial charge < -0.3 is 5.11 Å². The van der Waals surface area contributed by atoms with Gasteiger partial charge in [-0.25, -0.2) is 0 Å². The van der Waals surface area contributed by atoms with Crippen LogP contribution in [0.1, 0.15) is 37.9 Å². The van der Waals surface area contributed by atoms with Crippen molar-refractivity contribution in [2.75, 3.05) is 0 Å². The van der Waals surface area contributed by atoms with Crippen molar-refractivity contribution in [3.63, 3.8) is 0 Å². The normalized spacial score (nSPS) is 13.3. The molecule has 0 aromatic heterocycles. The first kappa shape index (κ1) is 11.0. The molecule has 0 heterocycles. The lowest BCUT2D eigenvalue weighted by Gasteiger charge is -2.07. The van der Waals surface area contributed by atoms with Crippen LogP contribution >= 0.6 is 0 Å². The highest BCUT2D eigenvalue weighted by Gasteiger charge is 2.02. The number of allylic oxidation sites excluding steroid dienone is 1. The van der Waals surface area contributed by atoms with Crippen LogP contribution in [-0.4, -0.2) is 5.11 Å². The molecular formula is C13H18O. The lowest BCUT2D eigenvalue weighted by Crippen LogP contribution is -1.94. The van der Waals surface area contributed by atoms with Crippen molar-refractivity contribution >= 4 is 0 Å². The Hall–Kier alpha value is -1.08. The Kier molecular flexibility index (Phi) is 5.02. The fourth-order valence-corrected chi connectivity index (χ4v) is 1.32. The van der Waals surface area contributed by atoms with E-state index in [2.05, 4.69) is 19.1 Å². The first-order chi connectivity index (χ1) is 6.84. The van der Waals surface area contributed by atoms with E-state index in [1.807, 2.05) is 30.3 Å². The molecule has 0 saturated heterocycles. The van der Waals surface area contributed by atoms with Gasteiger partial charge in [0.15, 0.2) is 0 Å². The molecular weight excluding hydrogens is 172 g/mol. The van der Waals surface area contributed by atoms with Crippen LogP contribution in [0.25, 0.3) is 0 Å². The van der Waals surface area contributed by atoms with Crippen LogP contribution in [0.15, 0.2) is 42.5 Å². The molecule has 0 fully saturated rings. The Labute approximate surface area is 86.1 Å². The topological polar surface area (TPSA) is 20.2 Å². The Bertz CT molecular complexity index is 264. The molecule has 1 nitrogen and oxygen atoms in total. The summed E-state index contributed by atoms with van der Waals surface area (Å²) < 4.78 is 0. The summed E-state index contributed by atoms with van der Waals surface area (Å²) >= 11 is 0. The molecule has 0 unspecified atom stereocenters. The summed E-state index contributed by atoms with van der Waals surface area (Å²) in [7, 11) is 0. The zero-order chi connectivity index (χ0) is 10.2. The first-order valence-electron chi connectivity index (χ1n) is 5.22. The van der Waals surface area contributed by atoms with Crippen molar-refractivity contribution < 1.29 is 5.11 Å². The molecule has 0 bridgehead atoms. The molecule has 0 aliphatic carbocycles. The van der Waals surface area contributed by atoms with Crippen molar-refractivity contribution in [1.82, 2.24) is 0 Å². The van der Waals surface area contributed by atoms with E-state index in [0.29, 0.717) is 6.42 Å². The maximum absolute atomic E-state index is 9.77. The largest absolute Gasteiger partial charge is 0.388 e. The van der Waals surface area contributed by atoms with Gasteiger partial charge in [0.05, 0.1) is 6.10 Å². The summed E-state index contributed by atoms with van der Waals surface area (Å²) in [6.07, 6.45) is 6.81. The van der Waals surface area contributed by atoms with E-state index in [1.165, 1.54) is 0 Å². The summed E-state index contributed by atoms with van der Waals surface area (Å²) in [6, 6.07) is 9.78. The Morgan fingerprint density at radius 1 is 1.21 bits per heavy atom. The van der Waals surface area contributed by atoms with Gasteiger partial charge in [-0.3, -0.25) is 0 Å². The fraction of sp³-hybridized carbons (Fsp3) is 0.385. The van der Waals surface area contributed by atoms with Gasteiger partial charge in [-0.05, 0) is 18.4 Å². The van der Waals surface area contributed by atoms with Crippen molar-refractivity contribution in [3.05, 3.63) is 48.0 Å². The Balaban J connectivity index is 2.39. The summed E-state index contributed by atoms with van der Waals surface area (Å²) in [6.45, 7) is 2.15. The van der Waals surface area contributed by atoms with E-state index in [-0.39, 0.29) is 6.10 Å². The molecule has 1 atom stereocenters. The van der Waals surface area contributed by atoms with E-state index in [9.17, 15) is 5.11 Å². The van der Waals surface area contributed by atoms with Gasteiger partial charge in [0, 0.05) is 0 Å². The molecule has 0 amide bonds. The minimum absolute atomic E-state index is 0.357. The fourth-order valence-electron chi connectivity index (χ4n) is 1.32. The smallest absolute Gasteiger partial charge is 0.0824 e. The van der Waals surface area contributed by atoms with Crippen molar-refractivity contribution in [3.8, 4) is 0 Å². The van der Waals surface area contributed by atoms with E-state index in [1.54, 1.807) is 0 Å². The molecule has 0 aliphatic rings. The standard InChI is InChI=1S/C13H18O/c1-2-3-4-8-11-13(14)12-9-6-5-7-10-12/h4-10,13-14H,2-3,11H2,1H3/b8-4+/t13-/m0/s1. The summed E-state index contributed by atoms with van der Waals surface area (Å²) in [5.41, 5.74) is 0.994. The summed E-state index contributed by atoms with van der Waals surface area (Å²) in [5.74, 6) is 0. The lowest BCUT2D eigenvalue weighted by molar-refractivity contribution is 0.181. The first-order valence-corrected chi connectivity index (χ1v) is 5.22. The molecule has 0 aliphatic heterocycles. The maximum Gasteiger partial charge on any atom is 0.0824 e. The monoisotopic (exact) mass is 190 g/mol. The second-order valence-electron chi connectivity index (χ2n) is 3.42. The molecule has 1 aromatic carbocycles. The zero-order valence-corrected chi connectivity index (χ0v) is 8.69. The van der Waals surface area contributed by atoms with Gasteiger partial charge in [-0.15, -0.1) is 0 Å². The number of hydrogen-bond acceptors (Lipinski definition) is 1. The Morgan fingerprint density at radius 3 is 2.57 bits per heavy atom. The molecule has 0 saturated carbocycles. The quantitative estimate of drug-likeness (QED) is 0.705. The van der Waals surface area contributed by atoms with Crippen molar-refractivity contribution in [2.45, 2.75) is 32.3 Å². The van der Waals surface area contributed by atoms with Crippen LogP contribution in [0, 0.1) is 0 Å². The highest BCUT2D eigenvalue weighted by molar-refractivity contribution is 5.17. The number of aliphatic hydroxyl groups is 1. The van der Waals surface area contributed by atoms with E-state index in [4.69, 9.17) is 0 Å². The third-order valence-electron chi connectivity index (χ3n) is 2.17. The van der Waals surface area contributed by atoms with Gasteiger partial charge in [-0.2, -0.15) is 0 Å². The van der Waals surface area contributed by atoms with Crippen LogP contribution < -0.4 is 0 Å². The van der Waals surface area contributed by atoms with Gasteiger partial charge in [0.25, 0.3) is 0 Å². The maximum atomic E-state index is 9.77. The van der Waals surface area contributed by atoms with E-state index in [0.717, 1.165) is 18.4 Å². The highest BCUT2D eigenvalue weighted by Crippen LogP contribution is 2.16. The minimum atomic E-state index is -0.357. The number of aliphatic hydroxyl groups excluding tert-OH is 1. The van der Waals surface area contributed by atoms with Crippen LogP contribution in [-0.2, 0) is 0 Å². The van der Waals surface area contributed by atoms with Gasteiger partial charge in [0.1, 0.15) is 0 Å². The summed E-state index contributed by atoms with van der Waals surface area (Å²) in [4.78, 5) is 0. The van der Waals surface area contributed by atoms with Gasteiger partial charge in [-0.1, -0.05) is 55.8 Å². The molecule has 76 valence electrons. The van der Waals surface area contributed by atoms with Crippen molar-refractivity contribution in [1.29, 1.82) is 0 Å². The molecule has 0 spiro atoms. The molecule has 1 rings (SSSR count). The average molecular weight is 190 g/mol. The predicted molar refractivity (Wildman–Crippen MR) is 60.1 cm³/mol. The molecule has 0 radical (unpaired) electrons. The number of unbranched alkanes of at least 4 members (excludes halogenated alkanes) is 1. The lowest BCUT2D eigenvalue weighted by atomic mass is 10.1. The highest BCUT2D eigenvalue weighted by atomic mass is 16.3. The van der Waals surface area contributed by atoms with Crippen molar-refractivity contribution in [2.24, 2.45) is 0 Å². The third-order valence-corrected chi connectivity index (χ3v) is 2.17. The SMILES string of the molecule is CCC/C=C/C[C@H](O)c1ccccc1. The van der Waals surface area contributed by atoms with Crippen LogP contribution in [0.3, 0.4) is 0 Å². The second-order valence-corrected chi connectivity index (χ2v) is 3.42. The number of hydrogen-bond donors (Lipinski definition) is 1. The minimum Gasteiger partial charge on any atom is -0.388 e. The van der Waals surface area contributed by atoms with E-state index >= 15 is 0 Å². The number of benzene rings is 1.